The van der Waals surface area contributed by atoms with Gasteiger partial charge >= 0.3 is 0 Å². The first kappa shape index (κ1) is 16.3. The van der Waals surface area contributed by atoms with Crippen molar-refractivity contribution in [1.82, 2.24) is 14.9 Å². The van der Waals surface area contributed by atoms with Crippen LogP contribution in [0.3, 0.4) is 0 Å². The summed E-state index contributed by atoms with van der Waals surface area (Å²) in [4.78, 5) is 27.0. The van der Waals surface area contributed by atoms with Crippen molar-refractivity contribution in [1.29, 1.82) is 0 Å². The Labute approximate surface area is 147 Å². The van der Waals surface area contributed by atoms with Gasteiger partial charge in [0.1, 0.15) is 11.5 Å². The first-order valence-electron chi connectivity index (χ1n) is 9.04. The van der Waals surface area contributed by atoms with Crippen molar-refractivity contribution in [3.05, 3.63) is 50.6 Å². The molecule has 0 bridgehead atoms. The Morgan fingerprint density at radius 3 is 2.88 bits per heavy atom. The number of furan rings is 1. The van der Waals surface area contributed by atoms with Crippen LogP contribution in [0.25, 0.3) is 0 Å². The molecule has 4 heterocycles. The normalized spacial score (nSPS) is 18.1. The molecule has 6 heteroatoms. The van der Waals surface area contributed by atoms with Crippen LogP contribution in [0.2, 0.25) is 0 Å². The van der Waals surface area contributed by atoms with Gasteiger partial charge in [0.25, 0.3) is 5.56 Å². The molecule has 0 spiro atoms. The average molecular weight is 340 g/mol. The zero-order chi connectivity index (χ0) is 17.4. The molecule has 2 aliphatic heterocycles. The molecule has 6 nitrogen and oxygen atoms in total. The van der Waals surface area contributed by atoms with Crippen LogP contribution in [0.15, 0.2) is 20.3 Å². The molecule has 25 heavy (non-hydrogen) atoms. The number of fused-ring (bicyclic) bond motifs is 1. The van der Waals surface area contributed by atoms with Gasteiger partial charge in [-0.15, -0.1) is 0 Å². The summed E-state index contributed by atoms with van der Waals surface area (Å²) in [5, 5.41) is 0. The number of aryl methyl sites for hydroxylation is 2. The maximum absolute atomic E-state index is 12.6. The summed E-state index contributed by atoms with van der Waals surface area (Å²) < 4.78 is 5.77. The summed E-state index contributed by atoms with van der Waals surface area (Å²) in [6, 6.07) is 2.08. The van der Waals surface area contributed by atoms with Crippen molar-refractivity contribution in [3.63, 3.8) is 0 Å². The molecule has 1 N–H and O–H groups in total. The van der Waals surface area contributed by atoms with E-state index in [0.717, 1.165) is 73.8 Å². The molecular weight excluding hydrogens is 316 g/mol. The number of rotatable bonds is 3. The lowest BCUT2D eigenvalue weighted by molar-refractivity contribution is 0.221. The van der Waals surface area contributed by atoms with Crippen LogP contribution in [0.5, 0.6) is 0 Å². The summed E-state index contributed by atoms with van der Waals surface area (Å²) in [5.74, 6) is 2.59. The van der Waals surface area contributed by atoms with Crippen LogP contribution in [0.1, 0.15) is 53.4 Å². The molecule has 0 radical (unpaired) electrons. The summed E-state index contributed by atoms with van der Waals surface area (Å²) in [6.07, 6.45) is 3.94. The van der Waals surface area contributed by atoms with Gasteiger partial charge in [0, 0.05) is 26.1 Å². The number of hydrogen-bond donors (Lipinski definition) is 1. The highest BCUT2D eigenvalue weighted by atomic mass is 16.3. The average Bonchev–Trinajstić information content (AvgIpc) is 2.93. The molecule has 0 amide bonds. The third kappa shape index (κ3) is 3.31. The molecular formula is C19H24N4O2. The topological polar surface area (TPSA) is 74.5 Å². The van der Waals surface area contributed by atoms with Gasteiger partial charge in [0.2, 0.25) is 0 Å². The van der Waals surface area contributed by atoms with Gasteiger partial charge in [-0.2, -0.15) is 0 Å². The van der Waals surface area contributed by atoms with Gasteiger partial charge < -0.3 is 9.40 Å². The third-order valence-electron chi connectivity index (χ3n) is 5.14. The quantitative estimate of drug-likeness (QED) is 0.932. The minimum Gasteiger partial charge on any atom is -0.465 e. The number of H-pyrrole nitrogens is 1. The Bertz CT molecular complexity index is 859. The SMILES string of the molecule is Cc1cc(CN2CCc3nc(C4=NCCCC4)[nH]c(=O)c3C2)oc1C. The predicted octanol–water partition coefficient (Wildman–Crippen LogP) is 2.51. The highest BCUT2D eigenvalue weighted by Crippen LogP contribution is 2.20. The van der Waals surface area contributed by atoms with Crippen LogP contribution >= 0.6 is 0 Å². The molecule has 2 aromatic rings. The van der Waals surface area contributed by atoms with E-state index in [1.54, 1.807) is 0 Å². The maximum atomic E-state index is 12.6. The standard InChI is InChI=1S/C19H24N4O2/c1-12-9-14(25-13(12)2)10-23-8-6-16-15(11-23)19(24)22-18(21-16)17-5-3-4-7-20-17/h9H,3-8,10-11H2,1-2H3,(H,21,22,24). The van der Waals surface area contributed by atoms with Crippen LogP contribution in [-0.2, 0) is 19.5 Å². The maximum Gasteiger partial charge on any atom is 0.255 e. The van der Waals surface area contributed by atoms with E-state index in [4.69, 9.17) is 9.40 Å². The minimum atomic E-state index is -0.0234. The van der Waals surface area contributed by atoms with E-state index in [1.807, 2.05) is 6.92 Å². The van der Waals surface area contributed by atoms with Crippen molar-refractivity contribution in [2.24, 2.45) is 4.99 Å². The van der Waals surface area contributed by atoms with Crippen molar-refractivity contribution >= 4 is 5.71 Å². The fraction of sp³-hybridized carbons (Fsp3) is 0.526. The van der Waals surface area contributed by atoms with Crippen molar-refractivity contribution < 1.29 is 4.42 Å². The molecule has 4 rings (SSSR count). The molecule has 0 unspecified atom stereocenters. The van der Waals surface area contributed by atoms with Crippen molar-refractivity contribution in [3.8, 4) is 0 Å². The van der Waals surface area contributed by atoms with E-state index < -0.39 is 0 Å². The third-order valence-corrected chi connectivity index (χ3v) is 5.14. The number of hydrogen-bond acceptors (Lipinski definition) is 5. The lowest BCUT2D eigenvalue weighted by Gasteiger charge is -2.27. The van der Waals surface area contributed by atoms with Crippen LogP contribution < -0.4 is 5.56 Å². The van der Waals surface area contributed by atoms with Crippen molar-refractivity contribution in [2.75, 3.05) is 13.1 Å². The molecule has 0 saturated carbocycles. The van der Waals surface area contributed by atoms with Gasteiger partial charge in [-0.05, 0) is 44.7 Å². The van der Waals surface area contributed by atoms with E-state index >= 15 is 0 Å². The number of nitrogens with one attached hydrogen (secondary N) is 1. The zero-order valence-corrected chi connectivity index (χ0v) is 14.9. The second kappa shape index (κ2) is 6.59. The van der Waals surface area contributed by atoms with Crippen LogP contribution in [0.4, 0.5) is 0 Å². The molecule has 0 aliphatic carbocycles. The zero-order valence-electron chi connectivity index (χ0n) is 14.9. The summed E-state index contributed by atoms with van der Waals surface area (Å²) >= 11 is 0. The molecule has 0 aromatic carbocycles. The monoisotopic (exact) mass is 340 g/mol. The van der Waals surface area contributed by atoms with Gasteiger partial charge in [0.15, 0.2) is 5.82 Å². The second-order valence-corrected chi connectivity index (χ2v) is 7.04. The minimum absolute atomic E-state index is 0.0234. The number of aliphatic imine (C=N–C) groups is 1. The van der Waals surface area contributed by atoms with Crippen molar-refractivity contribution in [2.45, 2.75) is 52.6 Å². The Hall–Kier alpha value is -2.21. The molecule has 132 valence electrons. The van der Waals surface area contributed by atoms with E-state index in [2.05, 4.69) is 27.9 Å². The summed E-state index contributed by atoms with van der Waals surface area (Å²) in [7, 11) is 0. The Morgan fingerprint density at radius 1 is 1.28 bits per heavy atom. The number of aromatic nitrogens is 2. The fourth-order valence-electron chi connectivity index (χ4n) is 3.59. The highest BCUT2D eigenvalue weighted by molar-refractivity contribution is 5.97. The summed E-state index contributed by atoms with van der Waals surface area (Å²) in [5.41, 5.74) is 3.81. The molecule has 0 saturated heterocycles. The van der Waals surface area contributed by atoms with Gasteiger partial charge in [0.05, 0.1) is 23.5 Å². The number of aromatic amines is 1. The first-order valence-corrected chi connectivity index (χ1v) is 9.04. The molecule has 2 aromatic heterocycles. The van der Waals surface area contributed by atoms with E-state index in [1.165, 1.54) is 5.56 Å². The van der Waals surface area contributed by atoms with Crippen LogP contribution in [0, 0.1) is 13.8 Å². The fourth-order valence-corrected chi connectivity index (χ4v) is 3.59. The van der Waals surface area contributed by atoms with Crippen LogP contribution in [-0.4, -0.2) is 33.7 Å². The lowest BCUT2D eigenvalue weighted by Crippen LogP contribution is -2.36. The molecule has 0 atom stereocenters. The van der Waals surface area contributed by atoms with E-state index in [9.17, 15) is 4.79 Å². The predicted molar refractivity (Wildman–Crippen MR) is 96.1 cm³/mol. The highest BCUT2D eigenvalue weighted by Gasteiger charge is 2.23. The lowest BCUT2D eigenvalue weighted by atomic mass is 10.1. The summed E-state index contributed by atoms with van der Waals surface area (Å²) in [6.45, 7) is 7.09. The van der Waals surface area contributed by atoms with E-state index in [-0.39, 0.29) is 5.56 Å². The largest absolute Gasteiger partial charge is 0.465 e. The smallest absolute Gasteiger partial charge is 0.255 e. The number of nitrogens with zero attached hydrogens (tertiary/aromatic N) is 3. The molecule has 2 aliphatic rings. The van der Waals surface area contributed by atoms with Gasteiger partial charge in [-0.3, -0.25) is 14.7 Å². The second-order valence-electron chi connectivity index (χ2n) is 7.04. The van der Waals surface area contributed by atoms with Gasteiger partial charge in [-0.25, -0.2) is 4.98 Å². The Morgan fingerprint density at radius 2 is 2.16 bits per heavy atom. The first-order chi connectivity index (χ1) is 12.1. The molecule has 0 fully saturated rings. The van der Waals surface area contributed by atoms with Gasteiger partial charge in [-0.1, -0.05) is 0 Å². The van der Waals surface area contributed by atoms with E-state index in [0.29, 0.717) is 12.4 Å². The Balaban J connectivity index is 1.55. The Kier molecular flexibility index (Phi) is 4.29.